The zero-order valence-corrected chi connectivity index (χ0v) is 16.1. The number of urea groups is 1. The Hall–Kier alpha value is -2.98. The molecule has 0 aliphatic heterocycles. The van der Waals surface area contributed by atoms with E-state index in [1.165, 1.54) is 18.2 Å². The molecular formula is C20H19F6N3O2. The molecule has 1 aliphatic rings. The van der Waals surface area contributed by atoms with E-state index >= 15 is 0 Å². The highest BCUT2D eigenvalue weighted by atomic mass is 19.4. The Bertz CT molecular complexity index is 874. The van der Waals surface area contributed by atoms with Crippen LogP contribution in [0.15, 0.2) is 42.6 Å². The van der Waals surface area contributed by atoms with Crippen LogP contribution in [0.5, 0.6) is 5.88 Å². The Labute approximate surface area is 173 Å². The summed E-state index contributed by atoms with van der Waals surface area (Å²) < 4.78 is 81.0. The third kappa shape index (κ3) is 6.50. The Balaban J connectivity index is 1.43. The number of hydrogen-bond acceptors (Lipinski definition) is 3. The monoisotopic (exact) mass is 447 g/mol. The van der Waals surface area contributed by atoms with Gasteiger partial charge < -0.3 is 15.4 Å². The first-order valence-corrected chi connectivity index (χ1v) is 9.45. The van der Waals surface area contributed by atoms with Gasteiger partial charge in [0, 0.05) is 24.0 Å². The molecule has 2 N–H and O–H groups in total. The molecule has 0 radical (unpaired) electrons. The van der Waals surface area contributed by atoms with Crippen molar-refractivity contribution in [1.82, 2.24) is 10.3 Å². The van der Waals surface area contributed by atoms with Crippen molar-refractivity contribution in [3.05, 3.63) is 53.7 Å². The van der Waals surface area contributed by atoms with Crippen LogP contribution >= 0.6 is 0 Å². The van der Waals surface area contributed by atoms with Crippen LogP contribution in [-0.2, 0) is 12.4 Å². The zero-order chi connectivity index (χ0) is 22.6. The summed E-state index contributed by atoms with van der Waals surface area (Å²) in [6.45, 7) is 0. The first kappa shape index (κ1) is 22.7. The fraction of sp³-hybridized carbons (Fsp3) is 0.400. The number of carbonyl (C=O) groups is 1. The molecular weight excluding hydrogens is 428 g/mol. The molecule has 31 heavy (non-hydrogen) atoms. The van der Waals surface area contributed by atoms with Crippen LogP contribution in [-0.4, -0.2) is 23.2 Å². The number of amides is 2. The maximum Gasteiger partial charge on any atom is 0.417 e. The first-order valence-electron chi connectivity index (χ1n) is 9.45. The summed E-state index contributed by atoms with van der Waals surface area (Å²) in [5, 5.41) is 5.24. The number of hydrogen-bond donors (Lipinski definition) is 2. The average Bonchev–Trinajstić information content (AvgIpc) is 2.69. The molecule has 0 bridgehead atoms. The molecule has 11 heteroatoms. The normalized spacial score (nSPS) is 19.5. The minimum absolute atomic E-state index is 0.101. The van der Waals surface area contributed by atoms with E-state index in [0.29, 0.717) is 31.9 Å². The van der Waals surface area contributed by atoms with E-state index in [-0.39, 0.29) is 23.7 Å². The SMILES string of the molecule is O=C(Nc1ccc(C(F)(F)F)cc1)NC1CCC(Oc2ccc(C(F)(F)F)cn2)CC1. The number of benzene rings is 1. The second kappa shape index (κ2) is 9.03. The lowest BCUT2D eigenvalue weighted by Gasteiger charge is -2.29. The predicted octanol–water partition coefficient (Wildman–Crippen LogP) is 5.63. The standard InChI is InChI=1S/C20H19F6N3O2/c21-19(22,23)12-1-4-14(5-2-12)28-18(30)29-15-6-8-16(9-7-15)31-17-10-3-13(11-27-17)20(24,25)26/h1-5,10-11,15-16H,6-9H2,(H2,28,29,30). The van der Waals surface area contributed by atoms with E-state index in [2.05, 4.69) is 15.6 Å². The third-order valence-corrected chi connectivity index (χ3v) is 4.83. The fourth-order valence-corrected chi connectivity index (χ4v) is 3.21. The van der Waals surface area contributed by atoms with Gasteiger partial charge in [-0.1, -0.05) is 0 Å². The van der Waals surface area contributed by atoms with Gasteiger partial charge in [-0.15, -0.1) is 0 Å². The maximum atomic E-state index is 12.6. The largest absolute Gasteiger partial charge is 0.474 e. The molecule has 168 valence electrons. The number of anilines is 1. The van der Waals surface area contributed by atoms with E-state index in [9.17, 15) is 31.1 Å². The molecule has 1 heterocycles. The van der Waals surface area contributed by atoms with Crippen LogP contribution in [0.3, 0.4) is 0 Å². The highest BCUT2D eigenvalue weighted by Crippen LogP contribution is 2.31. The predicted molar refractivity (Wildman–Crippen MR) is 99.5 cm³/mol. The van der Waals surface area contributed by atoms with Crippen LogP contribution in [0.1, 0.15) is 36.8 Å². The summed E-state index contributed by atoms with van der Waals surface area (Å²) in [6, 6.07) is 5.49. The van der Waals surface area contributed by atoms with Crippen molar-refractivity contribution in [3.63, 3.8) is 0 Å². The highest BCUT2D eigenvalue weighted by molar-refractivity contribution is 5.89. The molecule has 5 nitrogen and oxygen atoms in total. The highest BCUT2D eigenvalue weighted by Gasteiger charge is 2.31. The van der Waals surface area contributed by atoms with Crippen molar-refractivity contribution in [3.8, 4) is 5.88 Å². The fourth-order valence-electron chi connectivity index (χ4n) is 3.21. The zero-order valence-electron chi connectivity index (χ0n) is 16.1. The minimum Gasteiger partial charge on any atom is -0.474 e. The van der Waals surface area contributed by atoms with Crippen molar-refractivity contribution >= 4 is 11.7 Å². The van der Waals surface area contributed by atoms with Gasteiger partial charge in [-0.05, 0) is 56.0 Å². The van der Waals surface area contributed by atoms with Crippen LogP contribution in [0.25, 0.3) is 0 Å². The number of halogens is 6. The molecule has 0 atom stereocenters. The molecule has 2 aromatic rings. The van der Waals surface area contributed by atoms with Gasteiger partial charge >= 0.3 is 18.4 Å². The second-order valence-corrected chi connectivity index (χ2v) is 7.15. The number of nitrogens with zero attached hydrogens (tertiary/aromatic N) is 1. The summed E-state index contributed by atoms with van der Waals surface area (Å²) >= 11 is 0. The summed E-state index contributed by atoms with van der Waals surface area (Å²) in [6.07, 6.45) is -6.15. The lowest BCUT2D eigenvalue weighted by atomic mass is 9.93. The molecule has 1 fully saturated rings. The topological polar surface area (TPSA) is 63.2 Å². The number of carbonyl (C=O) groups excluding carboxylic acids is 1. The van der Waals surface area contributed by atoms with Crippen molar-refractivity contribution in [1.29, 1.82) is 0 Å². The van der Waals surface area contributed by atoms with Crippen LogP contribution in [0.4, 0.5) is 36.8 Å². The number of ether oxygens (including phenoxy) is 1. The first-order chi connectivity index (χ1) is 14.5. The van der Waals surface area contributed by atoms with Crippen molar-refractivity contribution in [2.24, 2.45) is 0 Å². The second-order valence-electron chi connectivity index (χ2n) is 7.15. The summed E-state index contributed by atoms with van der Waals surface area (Å²) in [4.78, 5) is 15.8. The number of alkyl halides is 6. The van der Waals surface area contributed by atoms with Crippen molar-refractivity contribution < 1.29 is 35.9 Å². The maximum absolute atomic E-state index is 12.6. The Morgan fingerprint density at radius 3 is 1.97 bits per heavy atom. The number of rotatable bonds is 4. The molecule has 0 unspecified atom stereocenters. The average molecular weight is 447 g/mol. The van der Waals surface area contributed by atoms with Gasteiger partial charge in [-0.2, -0.15) is 26.3 Å². The van der Waals surface area contributed by atoms with Crippen LogP contribution in [0.2, 0.25) is 0 Å². The van der Waals surface area contributed by atoms with Gasteiger partial charge in [-0.3, -0.25) is 0 Å². The van der Waals surface area contributed by atoms with E-state index in [4.69, 9.17) is 4.74 Å². The van der Waals surface area contributed by atoms with Crippen molar-refractivity contribution in [2.75, 3.05) is 5.32 Å². The molecule has 2 amide bonds. The Morgan fingerprint density at radius 2 is 1.45 bits per heavy atom. The lowest BCUT2D eigenvalue weighted by Crippen LogP contribution is -2.41. The van der Waals surface area contributed by atoms with Gasteiger partial charge in [0.05, 0.1) is 11.1 Å². The van der Waals surface area contributed by atoms with E-state index < -0.39 is 29.5 Å². The van der Waals surface area contributed by atoms with E-state index in [1.54, 1.807) is 0 Å². The molecule has 0 spiro atoms. The van der Waals surface area contributed by atoms with E-state index in [0.717, 1.165) is 18.2 Å². The third-order valence-electron chi connectivity index (χ3n) is 4.83. The molecule has 1 aromatic carbocycles. The van der Waals surface area contributed by atoms with Crippen molar-refractivity contribution in [2.45, 2.75) is 50.2 Å². The molecule has 1 aliphatic carbocycles. The van der Waals surface area contributed by atoms with Gasteiger partial charge in [0.15, 0.2) is 0 Å². The molecule has 3 rings (SSSR count). The quantitative estimate of drug-likeness (QED) is 0.597. The molecule has 1 aromatic heterocycles. The molecule has 1 saturated carbocycles. The summed E-state index contributed by atoms with van der Waals surface area (Å²) in [5.41, 5.74) is -1.43. The number of nitrogens with one attached hydrogen (secondary N) is 2. The smallest absolute Gasteiger partial charge is 0.417 e. The van der Waals surface area contributed by atoms with E-state index in [1.807, 2.05) is 0 Å². The van der Waals surface area contributed by atoms with Crippen LogP contribution in [0, 0.1) is 0 Å². The minimum atomic E-state index is -4.46. The van der Waals surface area contributed by atoms with Gasteiger partial charge in [-0.25, -0.2) is 9.78 Å². The number of pyridine rings is 1. The molecule has 0 saturated heterocycles. The van der Waals surface area contributed by atoms with Gasteiger partial charge in [0.1, 0.15) is 6.10 Å². The summed E-state index contributed by atoms with van der Waals surface area (Å²) in [7, 11) is 0. The Morgan fingerprint density at radius 1 is 0.871 bits per heavy atom. The van der Waals surface area contributed by atoms with Gasteiger partial charge in [0.2, 0.25) is 5.88 Å². The summed E-state index contributed by atoms with van der Waals surface area (Å²) in [5.74, 6) is 0.101. The lowest BCUT2D eigenvalue weighted by molar-refractivity contribution is -0.138. The van der Waals surface area contributed by atoms with Gasteiger partial charge in [0.25, 0.3) is 0 Å². The van der Waals surface area contributed by atoms with Crippen LogP contribution < -0.4 is 15.4 Å². The Kier molecular flexibility index (Phi) is 6.61. The number of aromatic nitrogens is 1.